The van der Waals surface area contributed by atoms with E-state index >= 15 is 0 Å². The van der Waals surface area contributed by atoms with E-state index < -0.39 is 5.54 Å². The van der Waals surface area contributed by atoms with Crippen molar-refractivity contribution in [3.05, 3.63) is 89.5 Å². The lowest BCUT2D eigenvalue weighted by Crippen LogP contribution is -2.61. The van der Waals surface area contributed by atoms with E-state index in [4.69, 9.17) is 25.7 Å². The number of nitrogens with two attached hydrogens (primary N) is 2. The van der Waals surface area contributed by atoms with Crippen LogP contribution in [0.3, 0.4) is 0 Å². The van der Waals surface area contributed by atoms with Crippen molar-refractivity contribution in [3.8, 4) is 17.2 Å². The Kier molecular flexibility index (Phi) is 8.01. The second-order valence-electron chi connectivity index (χ2n) is 8.98. The molecule has 0 aliphatic heterocycles. The van der Waals surface area contributed by atoms with Crippen LogP contribution in [0.1, 0.15) is 23.6 Å². The lowest BCUT2D eigenvalue weighted by molar-refractivity contribution is 0.136. The van der Waals surface area contributed by atoms with Crippen LogP contribution in [0.5, 0.6) is 17.2 Å². The Bertz CT molecular complexity index is 876. The van der Waals surface area contributed by atoms with Crippen LogP contribution in [0.4, 0.5) is 0 Å². The summed E-state index contributed by atoms with van der Waals surface area (Å²) in [6.07, 6.45) is 2.33. The Hall–Kier alpha value is -3.02. The molecule has 0 bridgehead atoms. The van der Waals surface area contributed by atoms with E-state index in [1.54, 1.807) is 21.3 Å². The SMILES string of the molecule is COc1ccc(CC(Cc2ccc(OC)cc2)(Cc2ccc(OC)cc2)C(C)(N)CN)cc1. The number of hydrogen-bond donors (Lipinski definition) is 2. The Morgan fingerprint density at radius 2 is 0.848 bits per heavy atom. The zero-order chi connectivity index (χ0) is 23.9. The molecule has 0 saturated heterocycles. The van der Waals surface area contributed by atoms with E-state index in [1.807, 2.05) is 36.4 Å². The van der Waals surface area contributed by atoms with Crippen molar-refractivity contribution in [1.29, 1.82) is 0 Å². The molecule has 1 unspecified atom stereocenters. The molecule has 176 valence electrons. The van der Waals surface area contributed by atoms with E-state index in [-0.39, 0.29) is 5.41 Å². The van der Waals surface area contributed by atoms with Gasteiger partial charge in [-0.1, -0.05) is 36.4 Å². The van der Waals surface area contributed by atoms with E-state index in [0.717, 1.165) is 36.5 Å². The first kappa shape index (κ1) is 24.6. The maximum absolute atomic E-state index is 7.01. The third-order valence-corrected chi connectivity index (χ3v) is 6.74. The Labute approximate surface area is 197 Å². The highest BCUT2D eigenvalue weighted by Crippen LogP contribution is 2.41. The van der Waals surface area contributed by atoms with Gasteiger partial charge in [0.15, 0.2) is 0 Å². The van der Waals surface area contributed by atoms with Crippen LogP contribution in [0.25, 0.3) is 0 Å². The predicted octanol–water partition coefficient (Wildman–Crippen LogP) is 4.40. The first-order valence-corrected chi connectivity index (χ1v) is 11.2. The molecule has 33 heavy (non-hydrogen) atoms. The van der Waals surface area contributed by atoms with Crippen LogP contribution in [0.2, 0.25) is 0 Å². The second kappa shape index (κ2) is 10.7. The molecule has 0 heterocycles. The van der Waals surface area contributed by atoms with Gasteiger partial charge in [-0.2, -0.15) is 0 Å². The minimum Gasteiger partial charge on any atom is -0.497 e. The molecule has 3 rings (SSSR count). The van der Waals surface area contributed by atoms with Crippen LogP contribution in [0, 0.1) is 5.41 Å². The molecule has 5 heteroatoms. The van der Waals surface area contributed by atoms with Crippen molar-refractivity contribution in [2.24, 2.45) is 16.9 Å². The lowest BCUT2D eigenvalue weighted by Gasteiger charge is -2.47. The van der Waals surface area contributed by atoms with Gasteiger partial charge >= 0.3 is 0 Å². The smallest absolute Gasteiger partial charge is 0.118 e. The molecule has 0 aliphatic carbocycles. The zero-order valence-electron chi connectivity index (χ0n) is 20.1. The van der Waals surface area contributed by atoms with E-state index in [0.29, 0.717) is 6.54 Å². The van der Waals surface area contributed by atoms with Gasteiger partial charge in [0.2, 0.25) is 0 Å². The average molecular weight is 449 g/mol. The summed E-state index contributed by atoms with van der Waals surface area (Å²) in [5, 5.41) is 0. The van der Waals surface area contributed by atoms with Gasteiger partial charge in [-0.05, 0) is 79.3 Å². The molecule has 0 spiro atoms. The highest BCUT2D eigenvalue weighted by molar-refractivity contribution is 5.34. The summed E-state index contributed by atoms with van der Waals surface area (Å²) in [7, 11) is 5.04. The standard InChI is InChI=1S/C28H36N2O3/c1-27(30,20-29)28(17-21-5-11-24(31-2)12-6-21,18-22-7-13-25(32-3)14-8-22)19-23-9-15-26(33-4)16-10-23/h5-16H,17-20,29-30H2,1-4H3. The van der Waals surface area contributed by atoms with Crippen molar-refractivity contribution in [2.75, 3.05) is 27.9 Å². The van der Waals surface area contributed by atoms with Crippen molar-refractivity contribution < 1.29 is 14.2 Å². The molecule has 0 aromatic heterocycles. The molecule has 0 aliphatic rings. The molecule has 3 aromatic carbocycles. The van der Waals surface area contributed by atoms with E-state index in [2.05, 4.69) is 43.3 Å². The largest absolute Gasteiger partial charge is 0.497 e. The maximum Gasteiger partial charge on any atom is 0.118 e. The molecule has 0 saturated carbocycles. The third-order valence-electron chi connectivity index (χ3n) is 6.74. The molecule has 5 nitrogen and oxygen atoms in total. The first-order valence-electron chi connectivity index (χ1n) is 11.2. The Morgan fingerprint density at radius 3 is 1.06 bits per heavy atom. The van der Waals surface area contributed by atoms with Crippen molar-refractivity contribution in [1.82, 2.24) is 0 Å². The van der Waals surface area contributed by atoms with E-state index in [1.165, 1.54) is 16.7 Å². The molecule has 0 fully saturated rings. The maximum atomic E-state index is 7.01. The molecular weight excluding hydrogens is 412 g/mol. The molecule has 0 radical (unpaired) electrons. The van der Waals surface area contributed by atoms with Crippen molar-refractivity contribution in [2.45, 2.75) is 31.7 Å². The van der Waals surface area contributed by atoms with Gasteiger partial charge in [-0.3, -0.25) is 0 Å². The van der Waals surface area contributed by atoms with Gasteiger partial charge in [-0.15, -0.1) is 0 Å². The zero-order valence-corrected chi connectivity index (χ0v) is 20.1. The first-order chi connectivity index (χ1) is 15.8. The number of rotatable bonds is 11. The fraction of sp³-hybridized carbons (Fsp3) is 0.357. The number of hydrogen-bond acceptors (Lipinski definition) is 5. The summed E-state index contributed by atoms with van der Waals surface area (Å²) in [5.41, 5.74) is 16.0. The summed E-state index contributed by atoms with van der Waals surface area (Å²) < 4.78 is 16.1. The molecule has 0 amide bonds. The lowest BCUT2D eigenvalue weighted by atomic mass is 9.61. The summed E-state index contributed by atoms with van der Waals surface area (Å²) >= 11 is 0. The Morgan fingerprint density at radius 1 is 0.576 bits per heavy atom. The van der Waals surface area contributed by atoms with Crippen LogP contribution >= 0.6 is 0 Å². The normalized spacial score (nSPS) is 13.3. The fourth-order valence-corrected chi connectivity index (χ4v) is 4.41. The van der Waals surface area contributed by atoms with Gasteiger partial charge < -0.3 is 25.7 Å². The quantitative estimate of drug-likeness (QED) is 0.454. The Balaban J connectivity index is 2.06. The average Bonchev–Trinajstić information content (AvgIpc) is 2.85. The van der Waals surface area contributed by atoms with Gasteiger partial charge in [-0.25, -0.2) is 0 Å². The topological polar surface area (TPSA) is 79.7 Å². The minimum absolute atomic E-state index is 0.334. The fourth-order valence-electron chi connectivity index (χ4n) is 4.41. The highest BCUT2D eigenvalue weighted by atomic mass is 16.5. The third kappa shape index (κ3) is 5.86. The molecule has 3 aromatic rings. The molecule has 4 N–H and O–H groups in total. The summed E-state index contributed by atoms with van der Waals surface area (Å²) in [6, 6.07) is 24.7. The number of ether oxygens (including phenoxy) is 3. The van der Waals surface area contributed by atoms with Gasteiger partial charge in [0.1, 0.15) is 17.2 Å². The monoisotopic (exact) mass is 448 g/mol. The van der Waals surface area contributed by atoms with Gasteiger partial charge in [0.25, 0.3) is 0 Å². The highest BCUT2D eigenvalue weighted by Gasteiger charge is 2.45. The van der Waals surface area contributed by atoms with Crippen molar-refractivity contribution >= 4 is 0 Å². The van der Waals surface area contributed by atoms with E-state index in [9.17, 15) is 0 Å². The van der Waals surface area contributed by atoms with Crippen LogP contribution in [-0.4, -0.2) is 33.4 Å². The molecular formula is C28H36N2O3. The van der Waals surface area contributed by atoms with Crippen LogP contribution in [-0.2, 0) is 19.3 Å². The number of methoxy groups -OCH3 is 3. The summed E-state index contributed by atoms with van der Waals surface area (Å²) in [5.74, 6) is 2.51. The van der Waals surface area contributed by atoms with Crippen LogP contribution < -0.4 is 25.7 Å². The second-order valence-corrected chi connectivity index (χ2v) is 8.98. The van der Waals surface area contributed by atoms with Crippen LogP contribution in [0.15, 0.2) is 72.8 Å². The summed E-state index contributed by atoms with van der Waals surface area (Å²) in [6.45, 7) is 2.44. The number of benzene rings is 3. The summed E-state index contributed by atoms with van der Waals surface area (Å²) in [4.78, 5) is 0. The van der Waals surface area contributed by atoms with Crippen molar-refractivity contribution in [3.63, 3.8) is 0 Å². The predicted molar refractivity (Wildman–Crippen MR) is 134 cm³/mol. The molecule has 1 atom stereocenters. The minimum atomic E-state index is -0.618. The van der Waals surface area contributed by atoms with Gasteiger partial charge in [0.05, 0.1) is 21.3 Å². The van der Waals surface area contributed by atoms with Gasteiger partial charge in [0, 0.05) is 17.5 Å².